The van der Waals surface area contributed by atoms with Crippen LogP contribution in [0, 0.1) is 0 Å². The lowest BCUT2D eigenvalue weighted by atomic mass is 10.0. The molecule has 0 aliphatic carbocycles. The molecule has 0 unspecified atom stereocenters. The van der Waals surface area contributed by atoms with E-state index in [0.29, 0.717) is 18.8 Å². The molecule has 0 saturated carbocycles. The maximum atomic E-state index is 13.0. The number of nitrogens with one attached hydrogen (secondary N) is 2. The number of aromatic nitrogens is 1. The van der Waals surface area contributed by atoms with Crippen LogP contribution in [0.3, 0.4) is 0 Å². The number of hydrogen-bond acceptors (Lipinski definition) is 7. The van der Waals surface area contributed by atoms with Crippen LogP contribution >= 0.6 is 0 Å². The minimum Gasteiger partial charge on any atom is -0.508 e. The van der Waals surface area contributed by atoms with Crippen molar-refractivity contribution >= 4 is 17.7 Å². The number of hydrogen-bond donors (Lipinski definition) is 3. The second-order valence-electron chi connectivity index (χ2n) is 11.4. The topological polar surface area (TPSA) is 107 Å². The Balaban J connectivity index is 0.991. The molecule has 1 fully saturated rings. The van der Waals surface area contributed by atoms with Gasteiger partial charge in [0.05, 0.1) is 5.69 Å². The van der Waals surface area contributed by atoms with Gasteiger partial charge in [0.1, 0.15) is 17.5 Å². The van der Waals surface area contributed by atoms with Gasteiger partial charge in [-0.2, -0.15) is 0 Å². The van der Waals surface area contributed by atoms with Crippen molar-refractivity contribution in [1.29, 1.82) is 0 Å². The Hall–Kier alpha value is -4.73. The first kappa shape index (κ1) is 31.7. The number of anilines is 1. The number of carbonyl (C=O) groups excluding carboxylic acids is 2. The van der Waals surface area contributed by atoms with Gasteiger partial charge < -0.3 is 25.0 Å². The largest absolute Gasteiger partial charge is 0.508 e. The van der Waals surface area contributed by atoms with Gasteiger partial charge in [0, 0.05) is 51.5 Å². The summed E-state index contributed by atoms with van der Waals surface area (Å²) in [6, 6.07) is 28.6. The van der Waals surface area contributed by atoms with E-state index in [2.05, 4.69) is 20.5 Å². The Labute approximate surface area is 264 Å². The maximum Gasteiger partial charge on any atom is 0.411 e. The first-order valence-electron chi connectivity index (χ1n) is 15.5. The molecule has 45 heavy (non-hydrogen) atoms. The molecule has 0 bridgehead atoms. The number of likely N-dealkylation sites (tertiary alicyclic amines) is 1. The van der Waals surface area contributed by atoms with E-state index < -0.39 is 6.09 Å². The van der Waals surface area contributed by atoms with Crippen molar-refractivity contribution < 1.29 is 19.4 Å². The van der Waals surface area contributed by atoms with Crippen molar-refractivity contribution in [2.24, 2.45) is 0 Å². The summed E-state index contributed by atoms with van der Waals surface area (Å²) in [5.41, 5.74) is 5.30. The van der Waals surface area contributed by atoms with Crippen molar-refractivity contribution in [3.63, 3.8) is 0 Å². The van der Waals surface area contributed by atoms with E-state index in [4.69, 9.17) is 4.74 Å². The summed E-state index contributed by atoms with van der Waals surface area (Å²) in [5.74, 6) is 0.168. The average molecular weight is 608 g/mol. The molecular weight excluding hydrogens is 566 g/mol. The van der Waals surface area contributed by atoms with Gasteiger partial charge in [-0.1, -0.05) is 66.7 Å². The van der Waals surface area contributed by atoms with Gasteiger partial charge in [-0.3, -0.25) is 15.1 Å². The number of amides is 2. The molecular formula is C36H41N5O4. The predicted octanol–water partition coefficient (Wildman–Crippen LogP) is 5.57. The highest BCUT2D eigenvalue weighted by Gasteiger charge is 2.23. The highest BCUT2D eigenvalue weighted by molar-refractivity contribution is 5.92. The number of aromatic hydroxyl groups is 1. The van der Waals surface area contributed by atoms with E-state index in [1.54, 1.807) is 36.3 Å². The molecule has 0 atom stereocenters. The predicted molar refractivity (Wildman–Crippen MR) is 176 cm³/mol. The second-order valence-corrected chi connectivity index (χ2v) is 11.4. The van der Waals surface area contributed by atoms with Crippen LogP contribution in [-0.2, 0) is 17.7 Å². The highest BCUT2D eigenvalue weighted by atomic mass is 16.6. The molecule has 9 heteroatoms. The van der Waals surface area contributed by atoms with Crippen molar-refractivity contribution in [3.05, 3.63) is 114 Å². The number of likely N-dealkylation sites (N-methyl/N-ethyl adjacent to an activating group) is 1. The summed E-state index contributed by atoms with van der Waals surface area (Å²) < 4.78 is 5.76. The standard InChI is InChI=1S/C36H41N5O4/c1-40(35(43)34-16-13-28(26-38-34)25-37-20-17-27-11-14-30(42)15-12-27)23-24-41-21-18-31(19-22-41)45-36(44)39-33-10-6-5-9-32(33)29-7-3-2-4-8-29/h2-16,26,31,37,42H,17-25H2,1H3,(H,39,44). The van der Waals surface area contributed by atoms with Crippen molar-refractivity contribution in [2.45, 2.75) is 31.9 Å². The lowest BCUT2D eigenvalue weighted by Gasteiger charge is -2.32. The first-order chi connectivity index (χ1) is 21.9. The van der Waals surface area contributed by atoms with Gasteiger partial charge in [0.15, 0.2) is 0 Å². The maximum absolute atomic E-state index is 13.0. The number of ether oxygens (including phenoxy) is 1. The molecule has 0 radical (unpaired) electrons. The number of para-hydroxylation sites is 1. The number of piperidine rings is 1. The lowest BCUT2D eigenvalue weighted by molar-refractivity contribution is 0.0539. The fraction of sp³-hybridized carbons (Fsp3) is 0.306. The van der Waals surface area contributed by atoms with Crippen LogP contribution in [0.2, 0.25) is 0 Å². The molecule has 2 amide bonds. The third-order valence-electron chi connectivity index (χ3n) is 8.06. The molecule has 1 aromatic heterocycles. The summed E-state index contributed by atoms with van der Waals surface area (Å²) in [6.07, 6.45) is 3.52. The normalized spacial score (nSPS) is 13.7. The van der Waals surface area contributed by atoms with E-state index in [1.807, 2.05) is 72.8 Å². The zero-order valence-corrected chi connectivity index (χ0v) is 25.7. The van der Waals surface area contributed by atoms with Gasteiger partial charge in [0.2, 0.25) is 0 Å². The van der Waals surface area contributed by atoms with E-state index >= 15 is 0 Å². The van der Waals surface area contributed by atoms with Crippen molar-refractivity contribution in [3.8, 4) is 16.9 Å². The van der Waals surface area contributed by atoms with Crippen LogP contribution in [0.5, 0.6) is 5.75 Å². The number of rotatable bonds is 12. The Morgan fingerprint density at radius 2 is 1.64 bits per heavy atom. The smallest absolute Gasteiger partial charge is 0.411 e. The van der Waals surface area contributed by atoms with E-state index in [1.165, 1.54) is 0 Å². The van der Waals surface area contributed by atoms with Crippen molar-refractivity contribution in [2.75, 3.05) is 45.1 Å². The molecule has 3 aromatic carbocycles. The van der Waals surface area contributed by atoms with Gasteiger partial charge in [0.25, 0.3) is 5.91 Å². The molecule has 234 valence electrons. The number of nitrogens with zero attached hydrogens (tertiary/aromatic N) is 3. The lowest BCUT2D eigenvalue weighted by Crippen LogP contribution is -2.42. The molecule has 0 spiro atoms. The van der Waals surface area contributed by atoms with E-state index in [9.17, 15) is 14.7 Å². The summed E-state index contributed by atoms with van der Waals surface area (Å²) >= 11 is 0. The number of phenols is 1. The monoisotopic (exact) mass is 607 g/mol. The third-order valence-corrected chi connectivity index (χ3v) is 8.06. The SMILES string of the molecule is CN(CCN1CCC(OC(=O)Nc2ccccc2-c2ccccc2)CC1)C(=O)c1ccc(CNCCc2ccc(O)cc2)cn1. The van der Waals surface area contributed by atoms with Crippen LogP contribution in [0.15, 0.2) is 97.2 Å². The molecule has 1 saturated heterocycles. The number of carbonyl (C=O) groups is 2. The Kier molecular flexibility index (Phi) is 11.1. The summed E-state index contributed by atoms with van der Waals surface area (Å²) in [6.45, 7) is 4.39. The molecule has 5 rings (SSSR count). The van der Waals surface area contributed by atoms with Crippen LogP contribution < -0.4 is 10.6 Å². The molecule has 9 nitrogen and oxygen atoms in total. The highest BCUT2D eigenvalue weighted by Crippen LogP contribution is 2.28. The van der Waals surface area contributed by atoms with Gasteiger partial charge in [-0.05, 0) is 66.8 Å². The summed E-state index contributed by atoms with van der Waals surface area (Å²) in [4.78, 5) is 34.1. The third kappa shape index (κ3) is 9.38. The fourth-order valence-corrected chi connectivity index (χ4v) is 5.38. The Morgan fingerprint density at radius 1 is 0.933 bits per heavy atom. The zero-order valence-electron chi connectivity index (χ0n) is 25.7. The minimum absolute atomic E-state index is 0.104. The van der Waals surface area contributed by atoms with Crippen LogP contribution in [0.25, 0.3) is 11.1 Å². The number of phenolic OH excluding ortho intramolecular Hbond substituents is 1. The zero-order chi connectivity index (χ0) is 31.4. The molecule has 1 aliphatic heterocycles. The van der Waals surface area contributed by atoms with Gasteiger partial charge in [-0.25, -0.2) is 4.79 Å². The minimum atomic E-state index is -0.439. The van der Waals surface area contributed by atoms with E-state index in [0.717, 1.165) is 73.4 Å². The second kappa shape index (κ2) is 15.8. The van der Waals surface area contributed by atoms with Crippen LogP contribution in [-0.4, -0.2) is 77.8 Å². The Morgan fingerprint density at radius 3 is 2.38 bits per heavy atom. The van der Waals surface area contributed by atoms with Crippen LogP contribution in [0.1, 0.15) is 34.5 Å². The summed E-state index contributed by atoms with van der Waals surface area (Å²) in [5, 5.41) is 15.7. The van der Waals surface area contributed by atoms with Crippen molar-refractivity contribution in [1.82, 2.24) is 20.1 Å². The average Bonchev–Trinajstić information content (AvgIpc) is 3.07. The molecule has 1 aliphatic rings. The first-order valence-corrected chi connectivity index (χ1v) is 15.5. The van der Waals surface area contributed by atoms with Gasteiger partial charge in [-0.15, -0.1) is 0 Å². The molecule has 4 aromatic rings. The molecule has 2 heterocycles. The molecule has 3 N–H and O–H groups in total. The fourth-order valence-electron chi connectivity index (χ4n) is 5.38. The number of pyridine rings is 1. The van der Waals surface area contributed by atoms with Crippen LogP contribution in [0.4, 0.5) is 10.5 Å². The van der Waals surface area contributed by atoms with Gasteiger partial charge >= 0.3 is 6.09 Å². The summed E-state index contributed by atoms with van der Waals surface area (Å²) in [7, 11) is 1.80. The quantitative estimate of drug-likeness (QED) is 0.181. The number of benzene rings is 3. The Bertz CT molecular complexity index is 1520. The van der Waals surface area contributed by atoms with E-state index in [-0.39, 0.29) is 17.8 Å².